The van der Waals surface area contributed by atoms with Crippen LogP contribution in [0.5, 0.6) is 0 Å². The standard InChI is InChI=1S/C12H24/c1-5-7-10(3)12(4)9-8-11(12)6-2/h10-11H,5-9H2,1-4H3. The zero-order chi connectivity index (χ0) is 9.19. The molecule has 0 aliphatic heterocycles. The van der Waals surface area contributed by atoms with Gasteiger partial charge in [-0.05, 0) is 30.1 Å². The molecule has 0 N–H and O–H groups in total. The van der Waals surface area contributed by atoms with Crippen LogP contribution in [0.3, 0.4) is 0 Å². The molecule has 1 aliphatic rings. The van der Waals surface area contributed by atoms with E-state index in [0.717, 1.165) is 11.8 Å². The van der Waals surface area contributed by atoms with Gasteiger partial charge in [-0.2, -0.15) is 0 Å². The second-order valence-corrected chi connectivity index (χ2v) is 4.84. The Hall–Kier alpha value is 0. The molecule has 72 valence electrons. The summed E-state index contributed by atoms with van der Waals surface area (Å²) < 4.78 is 0. The monoisotopic (exact) mass is 168 g/mol. The molecular formula is C12H24. The van der Waals surface area contributed by atoms with Crippen LogP contribution in [0, 0.1) is 17.3 Å². The highest BCUT2D eigenvalue weighted by Crippen LogP contribution is 2.54. The summed E-state index contributed by atoms with van der Waals surface area (Å²) in [6, 6.07) is 0. The van der Waals surface area contributed by atoms with Crippen LogP contribution in [0.4, 0.5) is 0 Å². The van der Waals surface area contributed by atoms with Gasteiger partial charge in [0.25, 0.3) is 0 Å². The summed E-state index contributed by atoms with van der Waals surface area (Å²) in [7, 11) is 0. The van der Waals surface area contributed by atoms with E-state index in [2.05, 4.69) is 27.7 Å². The van der Waals surface area contributed by atoms with E-state index in [9.17, 15) is 0 Å². The summed E-state index contributed by atoms with van der Waals surface area (Å²) >= 11 is 0. The van der Waals surface area contributed by atoms with Gasteiger partial charge in [-0.15, -0.1) is 0 Å². The van der Waals surface area contributed by atoms with Crippen LogP contribution in [0.1, 0.15) is 59.8 Å². The summed E-state index contributed by atoms with van der Waals surface area (Å²) in [6.45, 7) is 9.61. The van der Waals surface area contributed by atoms with E-state index in [0.29, 0.717) is 5.41 Å². The van der Waals surface area contributed by atoms with Gasteiger partial charge in [0.05, 0.1) is 0 Å². The Morgan fingerprint density at radius 2 is 2.08 bits per heavy atom. The second-order valence-electron chi connectivity index (χ2n) is 4.84. The SMILES string of the molecule is CCCC(C)C1(C)CCC1CC. The Labute approximate surface area is 77.7 Å². The molecule has 3 atom stereocenters. The molecule has 0 heterocycles. The van der Waals surface area contributed by atoms with Gasteiger partial charge < -0.3 is 0 Å². The lowest BCUT2D eigenvalue weighted by atomic mass is 9.54. The first-order valence-corrected chi connectivity index (χ1v) is 5.65. The van der Waals surface area contributed by atoms with Gasteiger partial charge in [0.1, 0.15) is 0 Å². The third-order valence-electron chi connectivity index (χ3n) is 4.30. The van der Waals surface area contributed by atoms with Gasteiger partial charge >= 0.3 is 0 Å². The van der Waals surface area contributed by atoms with Crippen molar-refractivity contribution in [3.8, 4) is 0 Å². The minimum atomic E-state index is 0.699. The van der Waals surface area contributed by atoms with Crippen molar-refractivity contribution in [1.82, 2.24) is 0 Å². The van der Waals surface area contributed by atoms with Gasteiger partial charge in [0.15, 0.2) is 0 Å². The quantitative estimate of drug-likeness (QED) is 0.588. The van der Waals surface area contributed by atoms with Crippen LogP contribution in [0.25, 0.3) is 0 Å². The summed E-state index contributed by atoms with van der Waals surface area (Å²) in [5.41, 5.74) is 0.699. The predicted octanol–water partition coefficient (Wildman–Crippen LogP) is 4.25. The van der Waals surface area contributed by atoms with E-state index in [1.54, 1.807) is 0 Å². The van der Waals surface area contributed by atoms with Gasteiger partial charge in [-0.1, -0.05) is 47.0 Å². The Bertz CT molecular complexity index is 137. The van der Waals surface area contributed by atoms with Crippen LogP contribution < -0.4 is 0 Å². The molecular weight excluding hydrogens is 144 g/mol. The average molecular weight is 168 g/mol. The Balaban J connectivity index is 2.47. The fourth-order valence-corrected chi connectivity index (χ4v) is 2.89. The van der Waals surface area contributed by atoms with Crippen molar-refractivity contribution >= 4 is 0 Å². The summed E-state index contributed by atoms with van der Waals surface area (Å²) in [5, 5.41) is 0. The van der Waals surface area contributed by atoms with Crippen molar-refractivity contribution in [2.45, 2.75) is 59.8 Å². The molecule has 0 amide bonds. The van der Waals surface area contributed by atoms with E-state index in [4.69, 9.17) is 0 Å². The topological polar surface area (TPSA) is 0 Å². The molecule has 1 rings (SSSR count). The van der Waals surface area contributed by atoms with E-state index < -0.39 is 0 Å². The molecule has 0 aromatic heterocycles. The fourth-order valence-electron chi connectivity index (χ4n) is 2.89. The van der Waals surface area contributed by atoms with Crippen LogP contribution in [0.15, 0.2) is 0 Å². The van der Waals surface area contributed by atoms with Gasteiger partial charge in [0, 0.05) is 0 Å². The molecule has 0 radical (unpaired) electrons. The van der Waals surface area contributed by atoms with Gasteiger partial charge in [-0.3, -0.25) is 0 Å². The molecule has 0 nitrogen and oxygen atoms in total. The van der Waals surface area contributed by atoms with Gasteiger partial charge in [0.2, 0.25) is 0 Å². The largest absolute Gasteiger partial charge is 0.0654 e. The Morgan fingerprint density at radius 3 is 2.42 bits per heavy atom. The molecule has 0 heteroatoms. The molecule has 1 saturated carbocycles. The Morgan fingerprint density at radius 1 is 1.42 bits per heavy atom. The maximum atomic E-state index is 2.50. The average Bonchev–Trinajstić information content (AvgIpc) is 2.02. The highest BCUT2D eigenvalue weighted by atomic mass is 14.5. The molecule has 0 bridgehead atoms. The van der Waals surface area contributed by atoms with Crippen molar-refractivity contribution in [3.05, 3.63) is 0 Å². The smallest absolute Gasteiger partial charge is 0.0272 e. The first-order chi connectivity index (χ1) is 5.65. The van der Waals surface area contributed by atoms with E-state index in [-0.39, 0.29) is 0 Å². The third-order valence-corrected chi connectivity index (χ3v) is 4.30. The van der Waals surface area contributed by atoms with E-state index in [1.165, 1.54) is 32.1 Å². The predicted molar refractivity (Wildman–Crippen MR) is 55.2 cm³/mol. The molecule has 1 aliphatic carbocycles. The lowest BCUT2D eigenvalue weighted by molar-refractivity contribution is -0.0127. The van der Waals surface area contributed by atoms with Crippen LogP contribution in [-0.4, -0.2) is 0 Å². The maximum Gasteiger partial charge on any atom is -0.0272 e. The minimum Gasteiger partial charge on any atom is -0.0654 e. The second kappa shape index (κ2) is 3.81. The lowest BCUT2D eigenvalue weighted by Gasteiger charge is -2.51. The van der Waals surface area contributed by atoms with Crippen LogP contribution in [-0.2, 0) is 0 Å². The number of hydrogen-bond acceptors (Lipinski definition) is 0. The highest BCUT2D eigenvalue weighted by molar-refractivity contribution is 4.94. The summed E-state index contributed by atoms with van der Waals surface area (Å²) in [5.74, 6) is 1.97. The van der Waals surface area contributed by atoms with Crippen molar-refractivity contribution in [2.24, 2.45) is 17.3 Å². The third kappa shape index (κ3) is 1.53. The first-order valence-electron chi connectivity index (χ1n) is 5.65. The zero-order valence-electron chi connectivity index (χ0n) is 9.19. The van der Waals surface area contributed by atoms with Gasteiger partial charge in [-0.25, -0.2) is 0 Å². The highest BCUT2D eigenvalue weighted by Gasteiger charge is 2.44. The normalized spacial score (nSPS) is 37.5. The molecule has 0 aromatic carbocycles. The zero-order valence-corrected chi connectivity index (χ0v) is 9.19. The van der Waals surface area contributed by atoms with Crippen molar-refractivity contribution in [2.75, 3.05) is 0 Å². The molecule has 0 spiro atoms. The molecule has 1 fully saturated rings. The van der Waals surface area contributed by atoms with Crippen LogP contribution in [0.2, 0.25) is 0 Å². The fraction of sp³-hybridized carbons (Fsp3) is 1.00. The summed E-state index contributed by atoms with van der Waals surface area (Å²) in [6.07, 6.45) is 7.14. The molecule has 0 saturated heterocycles. The van der Waals surface area contributed by atoms with Crippen molar-refractivity contribution in [3.63, 3.8) is 0 Å². The molecule has 0 aromatic rings. The van der Waals surface area contributed by atoms with E-state index >= 15 is 0 Å². The van der Waals surface area contributed by atoms with Crippen LogP contribution >= 0.6 is 0 Å². The Kier molecular flexibility index (Phi) is 3.20. The number of hydrogen-bond donors (Lipinski definition) is 0. The van der Waals surface area contributed by atoms with E-state index in [1.807, 2.05) is 0 Å². The lowest BCUT2D eigenvalue weighted by Crippen LogP contribution is -2.42. The first kappa shape index (κ1) is 10.1. The van der Waals surface area contributed by atoms with Crippen molar-refractivity contribution < 1.29 is 0 Å². The molecule has 3 unspecified atom stereocenters. The molecule has 12 heavy (non-hydrogen) atoms. The number of rotatable bonds is 4. The maximum absolute atomic E-state index is 2.50. The minimum absolute atomic E-state index is 0.699. The van der Waals surface area contributed by atoms with Crippen molar-refractivity contribution in [1.29, 1.82) is 0 Å². The summed E-state index contributed by atoms with van der Waals surface area (Å²) in [4.78, 5) is 0.